The van der Waals surface area contributed by atoms with Gasteiger partial charge in [0.2, 0.25) is 5.91 Å². The van der Waals surface area contributed by atoms with Crippen LogP contribution in [0.25, 0.3) is 0 Å². The number of hydrogen-bond acceptors (Lipinski definition) is 4. The van der Waals surface area contributed by atoms with Gasteiger partial charge in [0.25, 0.3) is 5.91 Å². The largest absolute Gasteiger partial charge is 0.434 e. The number of amides is 2. The highest BCUT2D eigenvalue weighted by atomic mass is 19.3. The Morgan fingerprint density at radius 3 is 2.68 bits per heavy atom. The van der Waals surface area contributed by atoms with Crippen molar-refractivity contribution < 1.29 is 23.1 Å². The zero-order chi connectivity index (χ0) is 19.7. The van der Waals surface area contributed by atoms with E-state index in [9.17, 15) is 18.4 Å². The van der Waals surface area contributed by atoms with E-state index in [1.54, 1.807) is 12.1 Å². The summed E-state index contributed by atoms with van der Waals surface area (Å²) in [6.45, 7) is -1.21. The molecular weight excluding hydrogens is 368 g/mol. The molecule has 152 valence electrons. The van der Waals surface area contributed by atoms with Crippen LogP contribution in [-0.4, -0.2) is 66.0 Å². The maximum atomic E-state index is 13.2. The van der Waals surface area contributed by atoms with E-state index >= 15 is 0 Å². The highest BCUT2D eigenvalue weighted by molar-refractivity contribution is 6.00. The van der Waals surface area contributed by atoms with Gasteiger partial charge < -0.3 is 19.9 Å². The number of alkyl halides is 2. The molecule has 1 aromatic rings. The lowest BCUT2D eigenvalue weighted by atomic mass is 10.1. The Balaban J connectivity index is 1.50. The van der Waals surface area contributed by atoms with Crippen molar-refractivity contribution in [2.45, 2.75) is 56.8 Å². The monoisotopic (exact) mass is 393 g/mol. The topological polar surface area (TPSA) is 61.9 Å². The molecule has 6 nitrogen and oxygen atoms in total. The van der Waals surface area contributed by atoms with Crippen LogP contribution in [0.15, 0.2) is 24.3 Å². The van der Waals surface area contributed by atoms with Gasteiger partial charge in [-0.25, -0.2) is 0 Å². The van der Waals surface area contributed by atoms with Gasteiger partial charge in [0.05, 0.1) is 5.56 Å². The molecule has 0 spiro atoms. The zero-order valence-electron chi connectivity index (χ0n) is 15.7. The highest BCUT2D eigenvalue weighted by Crippen LogP contribution is 2.28. The third-order valence-electron chi connectivity index (χ3n) is 5.97. The lowest BCUT2D eigenvalue weighted by Gasteiger charge is -2.31. The van der Waals surface area contributed by atoms with Crippen LogP contribution >= 0.6 is 0 Å². The Bertz CT molecular complexity index is 745. The Hall–Kier alpha value is -2.22. The minimum absolute atomic E-state index is 0.0348. The summed E-state index contributed by atoms with van der Waals surface area (Å²) in [6, 6.07) is 6.22. The Morgan fingerprint density at radius 2 is 1.86 bits per heavy atom. The van der Waals surface area contributed by atoms with Crippen molar-refractivity contribution in [3.05, 3.63) is 29.8 Å². The Morgan fingerprint density at radius 1 is 1.07 bits per heavy atom. The van der Waals surface area contributed by atoms with Gasteiger partial charge in [-0.1, -0.05) is 12.1 Å². The van der Waals surface area contributed by atoms with Crippen molar-refractivity contribution in [2.75, 3.05) is 19.6 Å². The van der Waals surface area contributed by atoms with Crippen LogP contribution in [0.5, 0.6) is 5.75 Å². The van der Waals surface area contributed by atoms with E-state index in [1.165, 1.54) is 17.0 Å². The van der Waals surface area contributed by atoms with Crippen molar-refractivity contribution in [1.29, 1.82) is 0 Å². The first-order valence-electron chi connectivity index (χ1n) is 9.92. The summed E-state index contributed by atoms with van der Waals surface area (Å²) in [5.41, 5.74) is 0.0686. The first-order valence-corrected chi connectivity index (χ1v) is 9.92. The van der Waals surface area contributed by atoms with E-state index < -0.39 is 18.6 Å². The van der Waals surface area contributed by atoms with Crippen LogP contribution < -0.4 is 10.1 Å². The summed E-state index contributed by atoms with van der Waals surface area (Å²) >= 11 is 0. The molecule has 1 N–H and O–H groups in total. The smallest absolute Gasteiger partial charge is 0.387 e. The van der Waals surface area contributed by atoms with Crippen LogP contribution in [0.3, 0.4) is 0 Å². The van der Waals surface area contributed by atoms with Crippen molar-refractivity contribution >= 4 is 11.8 Å². The molecule has 3 heterocycles. The molecule has 0 radical (unpaired) electrons. The van der Waals surface area contributed by atoms with Gasteiger partial charge in [-0.15, -0.1) is 0 Å². The third-order valence-corrected chi connectivity index (χ3v) is 5.97. The summed E-state index contributed by atoms with van der Waals surface area (Å²) < 4.78 is 29.9. The number of carbonyl (C=O) groups is 2. The minimum atomic E-state index is -3.01. The molecule has 4 rings (SSSR count). The first kappa shape index (κ1) is 19.1. The normalized spacial score (nSPS) is 27.2. The number of nitrogens with zero attached hydrogens (tertiary/aromatic N) is 2. The van der Waals surface area contributed by atoms with E-state index in [0.717, 1.165) is 25.7 Å². The molecule has 1 aromatic carbocycles. The standard InChI is InChI=1S/C20H25F2N3O3/c21-20(22)28-17-6-2-1-4-15(17)18(26)25-10-3-5-16(25)19(27)24-11-9-13-7-8-14(12-24)23-13/h1-2,4,6,13-14,16,20,23H,3,5,7-12H2. The Kier molecular flexibility index (Phi) is 5.48. The van der Waals surface area contributed by atoms with Crippen LogP contribution in [0.4, 0.5) is 8.78 Å². The number of fused-ring (bicyclic) bond motifs is 2. The van der Waals surface area contributed by atoms with E-state index in [1.807, 2.05) is 4.90 Å². The number of likely N-dealkylation sites (tertiary alicyclic amines) is 2. The molecule has 3 unspecified atom stereocenters. The SMILES string of the molecule is O=C(C1CCCN1C(=O)c1ccccc1OC(F)F)N1CCC2CCC(C1)N2. The molecule has 28 heavy (non-hydrogen) atoms. The number of halogens is 2. The van der Waals surface area contributed by atoms with Gasteiger partial charge in [0.15, 0.2) is 0 Å². The summed E-state index contributed by atoms with van der Waals surface area (Å²) in [6.07, 6.45) is 4.47. The summed E-state index contributed by atoms with van der Waals surface area (Å²) in [5.74, 6) is -0.620. The molecule has 0 aliphatic carbocycles. The zero-order valence-corrected chi connectivity index (χ0v) is 15.7. The highest BCUT2D eigenvalue weighted by Gasteiger charge is 2.40. The van der Waals surface area contributed by atoms with Crippen molar-refractivity contribution in [1.82, 2.24) is 15.1 Å². The molecule has 8 heteroatoms. The van der Waals surface area contributed by atoms with Crippen LogP contribution in [-0.2, 0) is 4.79 Å². The van der Waals surface area contributed by atoms with E-state index in [2.05, 4.69) is 10.1 Å². The molecule has 0 aromatic heterocycles. The number of carbonyl (C=O) groups excluding carboxylic acids is 2. The van der Waals surface area contributed by atoms with Crippen molar-refractivity contribution in [3.63, 3.8) is 0 Å². The molecule has 3 aliphatic heterocycles. The number of rotatable bonds is 4. The second kappa shape index (κ2) is 8.03. The maximum Gasteiger partial charge on any atom is 0.387 e. The van der Waals surface area contributed by atoms with Gasteiger partial charge in [-0.3, -0.25) is 9.59 Å². The quantitative estimate of drug-likeness (QED) is 0.852. The molecule has 0 saturated carbocycles. The van der Waals surface area contributed by atoms with Gasteiger partial charge in [-0.05, 0) is 44.2 Å². The number of ether oxygens (including phenoxy) is 1. The van der Waals surface area contributed by atoms with E-state index in [-0.39, 0.29) is 17.2 Å². The molecule has 3 atom stereocenters. The van der Waals surface area contributed by atoms with E-state index in [0.29, 0.717) is 38.1 Å². The predicted octanol–water partition coefficient (Wildman–Crippen LogP) is 2.25. The van der Waals surface area contributed by atoms with Gasteiger partial charge >= 0.3 is 6.61 Å². The number of hydrogen-bond donors (Lipinski definition) is 1. The fourth-order valence-corrected chi connectivity index (χ4v) is 4.62. The maximum absolute atomic E-state index is 13.2. The molecule has 2 bridgehead atoms. The fraction of sp³-hybridized carbons (Fsp3) is 0.600. The van der Waals surface area contributed by atoms with Gasteiger partial charge in [0, 0.05) is 31.7 Å². The summed E-state index contributed by atoms with van der Waals surface area (Å²) in [7, 11) is 0. The lowest BCUT2D eigenvalue weighted by Crippen LogP contribution is -2.50. The molecule has 3 aliphatic rings. The predicted molar refractivity (Wildman–Crippen MR) is 98.3 cm³/mol. The van der Waals surface area contributed by atoms with Crippen molar-refractivity contribution in [2.24, 2.45) is 0 Å². The summed E-state index contributed by atoms with van der Waals surface area (Å²) in [4.78, 5) is 29.6. The molecular formula is C20H25F2N3O3. The second-order valence-corrected chi connectivity index (χ2v) is 7.74. The molecule has 2 amide bonds. The molecule has 3 saturated heterocycles. The second-order valence-electron chi connectivity index (χ2n) is 7.74. The number of nitrogens with one attached hydrogen (secondary N) is 1. The third kappa shape index (κ3) is 3.83. The first-order chi connectivity index (χ1) is 13.5. The van der Waals surface area contributed by atoms with Crippen LogP contribution in [0.1, 0.15) is 42.5 Å². The Labute approximate surface area is 162 Å². The van der Waals surface area contributed by atoms with Crippen LogP contribution in [0, 0.1) is 0 Å². The average molecular weight is 393 g/mol. The van der Waals surface area contributed by atoms with E-state index in [4.69, 9.17) is 0 Å². The summed E-state index contributed by atoms with van der Waals surface area (Å²) in [5, 5.41) is 3.55. The average Bonchev–Trinajstić information content (AvgIpc) is 3.27. The number of para-hydroxylation sites is 1. The van der Waals surface area contributed by atoms with Crippen LogP contribution in [0.2, 0.25) is 0 Å². The van der Waals surface area contributed by atoms with Crippen molar-refractivity contribution in [3.8, 4) is 5.75 Å². The number of benzene rings is 1. The minimum Gasteiger partial charge on any atom is -0.434 e. The van der Waals surface area contributed by atoms with Gasteiger partial charge in [0.1, 0.15) is 11.8 Å². The van der Waals surface area contributed by atoms with Gasteiger partial charge in [-0.2, -0.15) is 8.78 Å². The lowest BCUT2D eigenvalue weighted by molar-refractivity contribution is -0.135. The molecule has 3 fully saturated rings. The fourth-order valence-electron chi connectivity index (χ4n) is 4.62.